The van der Waals surface area contributed by atoms with Gasteiger partial charge in [-0.15, -0.1) is 22.7 Å². The van der Waals surface area contributed by atoms with Crippen molar-refractivity contribution in [3.8, 4) is 21.1 Å². The number of carbonyl (C=O) groups is 1. The van der Waals surface area contributed by atoms with Crippen molar-refractivity contribution in [1.82, 2.24) is 19.9 Å². The second kappa shape index (κ2) is 6.78. The fourth-order valence-corrected chi connectivity index (χ4v) is 5.88. The normalized spacial score (nSPS) is 20.9. The van der Waals surface area contributed by atoms with E-state index >= 15 is 0 Å². The molecule has 1 aromatic carbocycles. The van der Waals surface area contributed by atoms with Crippen molar-refractivity contribution < 1.29 is 14.3 Å². The molecule has 0 spiro atoms. The van der Waals surface area contributed by atoms with E-state index in [-0.39, 0.29) is 12.1 Å². The first-order valence-corrected chi connectivity index (χ1v) is 11.4. The summed E-state index contributed by atoms with van der Waals surface area (Å²) < 4.78 is 6.31. The van der Waals surface area contributed by atoms with Crippen molar-refractivity contribution in [3.63, 3.8) is 0 Å². The van der Waals surface area contributed by atoms with E-state index in [0.717, 1.165) is 39.5 Å². The topological polar surface area (TPSA) is 95.6 Å². The summed E-state index contributed by atoms with van der Waals surface area (Å²) in [5, 5.41) is 15.2. The Hall–Kier alpha value is -2.98. The Kier molecular flexibility index (Phi) is 4.03. The molecule has 1 amide bonds. The number of aromatic nitrogens is 3. The molecule has 8 nitrogen and oxygen atoms in total. The molecule has 152 valence electrons. The quantitative estimate of drug-likeness (QED) is 0.505. The lowest BCUT2D eigenvalue weighted by molar-refractivity contribution is 0.114. The first kappa shape index (κ1) is 17.8. The van der Waals surface area contributed by atoms with Gasteiger partial charge in [-0.3, -0.25) is 4.90 Å². The van der Waals surface area contributed by atoms with Crippen LogP contribution in [0.4, 0.5) is 10.8 Å². The molecular formula is C20H17N5O3S2. The lowest BCUT2D eigenvalue weighted by Crippen LogP contribution is -2.55. The Morgan fingerprint density at radius 1 is 1.03 bits per heavy atom. The number of hydrogen-bond acceptors (Lipinski definition) is 8. The molecule has 2 fully saturated rings. The van der Waals surface area contributed by atoms with Crippen molar-refractivity contribution >= 4 is 45.9 Å². The van der Waals surface area contributed by atoms with Crippen LogP contribution in [0.15, 0.2) is 39.7 Å². The second-order valence-corrected chi connectivity index (χ2v) is 9.28. The maximum atomic E-state index is 11.6. The Balaban J connectivity index is 1.46. The van der Waals surface area contributed by atoms with Crippen molar-refractivity contribution in [1.29, 1.82) is 0 Å². The number of carboxylic acid groups (broad SMARTS) is 1. The second-order valence-electron chi connectivity index (χ2n) is 7.49. The Morgan fingerprint density at radius 3 is 2.27 bits per heavy atom. The van der Waals surface area contributed by atoms with Gasteiger partial charge < -0.3 is 14.4 Å². The molecule has 2 saturated heterocycles. The number of hydrogen-bond donors (Lipinski definition) is 1. The van der Waals surface area contributed by atoms with Gasteiger partial charge in [0.2, 0.25) is 0 Å². The van der Waals surface area contributed by atoms with Gasteiger partial charge in [0, 0.05) is 41.8 Å². The van der Waals surface area contributed by atoms with E-state index in [1.807, 2.05) is 22.9 Å². The molecular weight excluding hydrogens is 422 g/mol. The van der Waals surface area contributed by atoms with Crippen molar-refractivity contribution in [2.75, 3.05) is 18.0 Å². The number of piperazine rings is 1. The monoisotopic (exact) mass is 439 g/mol. The van der Waals surface area contributed by atoms with Crippen molar-refractivity contribution in [2.45, 2.75) is 24.9 Å². The van der Waals surface area contributed by atoms with E-state index in [4.69, 9.17) is 9.40 Å². The summed E-state index contributed by atoms with van der Waals surface area (Å²) in [6.45, 7) is 1.18. The lowest BCUT2D eigenvalue weighted by atomic mass is 10.1. The lowest BCUT2D eigenvalue weighted by Gasteiger charge is -2.38. The molecule has 0 aliphatic carbocycles. The molecule has 2 aliphatic heterocycles. The summed E-state index contributed by atoms with van der Waals surface area (Å²) in [5.74, 6) is 0. The van der Waals surface area contributed by atoms with Crippen LogP contribution < -0.4 is 4.90 Å². The van der Waals surface area contributed by atoms with E-state index in [1.165, 1.54) is 0 Å². The molecule has 3 aromatic heterocycles. The number of rotatable bonds is 3. The highest BCUT2D eigenvalue weighted by molar-refractivity contribution is 7.13. The van der Waals surface area contributed by atoms with E-state index < -0.39 is 6.09 Å². The van der Waals surface area contributed by atoms with Gasteiger partial charge in [-0.25, -0.2) is 14.8 Å². The average Bonchev–Trinajstić information content (AvgIpc) is 3.53. The smallest absolute Gasteiger partial charge is 0.407 e. The van der Waals surface area contributed by atoms with Crippen LogP contribution in [0.5, 0.6) is 0 Å². The number of amides is 1. The van der Waals surface area contributed by atoms with Gasteiger partial charge >= 0.3 is 6.09 Å². The molecule has 0 radical (unpaired) electrons. The summed E-state index contributed by atoms with van der Waals surface area (Å²) in [5.41, 5.74) is 3.30. The molecule has 6 rings (SSSR count). The van der Waals surface area contributed by atoms with Gasteiger partial charge in [-0.1, -0.05) is 0 Å². The fourth-order valence-electron chi connectivity index (χ4n) is 4.56. The molecule has 2 bridgehead atoms. The van der Waals surface area contributed by atoms with E-state index in [0.29, 0.717) is 24.7 Å². The van der Waals surface area contributed by atoms with E-state index in [1.54, 1.807) is 40.0 Å². The van der Waals surface area contributed by atoms with Gasteiger partial charge in [0.05, 0.1) is 17.6 Å². The Labute approximate surface area is 179 Å². The highest BCUT2D eigenvalue weighted by atomic mass is 32.1. The van der Waals surface area contributed by atoms with Gasteiger partial charge in [0.25, 0.3) is 6.01 Å². The number of benzene rings is 1. The van der Waals surface area contributed by atoms with Crippen molar-refractivity contribution in [2.24, 2.45) is 0 Å². The average molecular weight is 440 g/mol. The molecule has 4 aromatic rings. The molecule has 5 heterocycles. The number of nitrogens with zero attached hydrogens (tertiary/aromatic N) is 5. The number of fused-ring (bicyclic) bond motifs is 3. The molecule has 10 heteroatoms. The third-order valence-electron chi connectivity index (χ3n) is 5.83. The predicted molar refractivity (Wildman–Crippen MR) is 115 cm³/mol. The molecule has 2 aliphatic rings. The standard InChI is InChI=1S/C20H17N5O3S2/c26-20(27)25-11-1-2-12(25)10-24(9-11)19-23-15-13(17-21-5-7-29-17)3-4-14(16(15)28-19)18-22-6-8-30-18/h3-8,11-12H,1-2,9-10H2,(H,26,27). The van der Waals surface area contributed by atoms with Gasteiger partial charge in [-0.05, 0) is 25.0 Å². The van der Waals surface area contributed by atoms with Crippen LogP contribution in [-0.2, 0) is 0 Å². The largest absolute Gasteiger partial charge is 0.465 e. The summed E-state index contributed by atoms with van der Waals surface area (Å²) in [6.07, 6.45) is 4.48. The highest BCUT2D eigenvalue weighted by Crippen LogP contribution is 2.40. The van der Waals surface area contributed by atoms with Crippen LogP contribution in [0.25, 0.3) is 32.2 Å². The molecule has 30 heavy (non-hydrogen) atoms. The number of anilines is 1. The van der Waals surface area contributed by atoms with E-state index in [9.17, 15) is 9.90 Å². The zero-order chi connectivity index (χ0) is 20.2. The fraction of sp³-hybridized carbons (Fsp3) is 0.300. The number of oxazole rings is 1. The predicted octanol–water partition coefficient (Wildman–Crippen LogP) is 4.41. The van der Waals surface area contributed by atoms with Crippen LogP contribution in [0.3, 0.4) is 0 Å². The highest BCUT2D eigenvalue weighted by Gasteiger charge is 2.44. The Morgan fingerprint density at radius 2 is 1.67 bits per heavy atom. The minimum atomic E-state index is -0.836. The number of thiazole rings is 2. The minimum absolute atomic E-state index is 0.0203. The van der Waals surface area contributed by atoms with Crippen LogP contribution in [0.2, 0.25) is 0 Å². The van der Waals surface area contributed by atoms with Crippen LogP contribution in [-0.4, -0.2) is 56.2 Å². The summed E-state index contributed by atoms with van der Waals surface area (Å²) in [6, 6.07) is 4.53. The third kappa shape index (κ3) is 2.71. The maximum Gasteiger partial charge on any atom is 0.407 e. The molecule has 2 unspecified atom stereocenters. The van der Waals surface area contributed by atoms with Crippen LogP contribution >= 0.6 is 22.7 Å². The van der Waals surface area contributed by atoms with Gasteiger partial charge in [0.1, 0.15) is 15.5 Å². The summed E-state index contributed by atoms with van der Waals surface area (Å²) in [4.78, 5) is 29.1. The van der Waals surface area contributed by atoms with Crippen molar-refractivity contribution in [3.05, 3.63) is 35.3 Å². The third-order valence-corrected chi connectivity index (χ3v) is 7.44. The zero-order valence-electron chi connectivity index (χ0n) is 15.8. The minimum Gasteiger partial charge on any atom is -0.465 e. The summed E-state index contributed by atoms with van der Waals surface area (Å²) >= 11 is 3.12. The van der Waals surface area contributed by atoms with Gasteiger partial charge in [-0.2, -0.15) is 4.98 Å². The maximum absolute atomic E-state index is 11.6. The summed E-state index contributed by atoms with van der Waals surface area (Å²) in [7, 11) is 0. The van der Waals surface area contributed by atoms with Gasteiger partial charge in [0.15, 0.2) is 5.58 Å². The Bertz CT molecular complexity index is 1140. The van der Waals surface area contributed by atoms with E-state index in [2.05, 4.69) is 14.9 Å². The first-order chi connectivity index (χ1) is 14.7. The van der Waals surface area contributed by atoms with Crippen LogP contribution in [0.1, 0.15) is 12.8 Å². The molecule has 0 saturated carbocycles. The first-order valence-electron chi connectivity index (χ1n) is 9.68. The SMILES string of the molecule is O=C(O)N1C2CCC1CN(c1nc3c(-c4nccs4)ccc(-c4nccs4)c3o1)C2. The molecule has 2 atom stereocenters. The molecule has 1 N–H and O–H groups in total. The zero-order valence-corrected chi connectivity index (χ0v) is 17.4. The van der Waals surface area contributed by atoms with Crippen LogP contribution in [0, 0.1) is 0 Å².